The maximum atomic E-state index is 6.07. The fraction of sp³-hybridized carbons (Fsp3) is 0.467. The van der Waals surface area contributed by atoms with Crippen LogP contribution in [0.3, 0.4) is 0 Å². The average molecular weight is 306 g/mol. The molecule has 0 saturated carbocycles. The van der Waals surface area contributed by atoms with Crippen LogP contribution in [0.5, 0.6) is 5.88 Å². The second-order valence-electron chi connectivity index (χ2n) is 5.37. The Balaban J connectivity index is 2.05. The topological polar surface area (TPSA) is 73.1 Å². The number of aromatic nitrogens is 2. The smallest absolute Gasteiger partial charge is 0.242 e. The van der Waals surface area contributed by atoms with Gasteiger partial charge in [-0.1, -0.05) is 0 Å². The minimum Gasteiger partial charge on any atom is -0.473 e. The SMILES string of the molecule is Cc1ccc(CC(C)Nc2ncnc(OC(C)C)c2N)s1. The zero-order valence-electron chi connectivity index (χ0n) is 12.9. The van der Waals surface area contributed by atoms with E-state index in [1.165, 1.54) is 16.1 Å². The van der Waals surface area contributed by atoms with E-state index in [1.807, 2.05) is 25.2 Å². The molecule has 0 aliphatic rings. The predicted octanol–water partition coefficient (Wildman–Crippen LogP) is 3.26. The normalized spacial score (nSPS) is 12.4. The summed E-state index contributed by atoms with van der Waals surface area (Å²) >= 11 is 1.81. The lowest BCUT2D eigenvalue weighted by molar-refractivity contribution is 0.234. The molecule has 2 aromatic rings. The van der Waals surface area contributed by atoms with Crippen LogP contribution < -0.4 is 15.8 Å². The highest BCUT2D eigenvalue weighted by atomic mass is 32.1. The molecule has 114 valence electrons. The van der Waals surface area contributed by atoms with Gasteiger partial charge in [-0.15, -0.1) is 11.3 Å². The number of thiophene rings is 1. The molecule has 0 aliphatic carbocycles. The van der Waals surface area contributed by atoms with Gasteiger partial charge in [0.15, 0.2) is 5.82 Å². The molecule has 0 aliphatic heterocycles. The lowest BCUT2D eigenvalue weighted by atomic mass is 10.2. The number of nitrogens with one attached hydrogen (secondary N) is 1. The first-order valence-corrected chi connectivity index (χ1v) is 7.86. The minimum absolute atomic E-state index is 0.0292. The van der Waals surface area contributed by atoms with Crippen LogP contribution in [-0.2, 0) is 6.42 Å². The van der Waals surface area contributed by atoms with Crippen molar-refractivity contribution in [1.29, 1.82) is 0 Å². The number of nitrogens with two attached hydrogens (primary N) is 1. The van der Waals surface area contributed by atoms with Gasteiger partial charge >= 0.3 is 0 Å². The summed E-state index contributed by atoms with van der Waals surface area (Å²) < 4.78 is 5.57. The van der Waals surface area contributed by atoms with E-state index in [0.717, 1.165) is 6.42 Å². The van der Waals surface area contributed by atoms with Gasteiger partial charge in [0.25, 0.3) is 0 Å². The first kappa shape index (κ1) is 15.6. The third kappa shape index (κ3) is 4.32. The van der Waals surface area contributed by atoms with E-state index in [4.69, 9.17) is 10.5 Å². The molecule has 0 saturated heterocycles. The monoisotopic (exact) mass is 306 g/mol. The van der Waals surface area contributed by atoms with Crippen molar-refractivity contribution in [3.8, 4) is 5.88 Å². The van der Waals surface area contributed by atoms with Crippen LogP contribution >= 0.6 is 11.3 Å². The van der Waals surface area contributed by atoms with Gasteiger partial charge in [0.1, 0.15) is 12.0 Å². The maximum Gasteiger partial charge on any atom is 0.242 e. The number of aryl methyl sites for hydroxylation is 1. The highest BCUT2D eigenvalue weighted by Crippen LogP contribution is 2.26. The van der Waals surface area contributed by atoms with E-state index in [9.17, 15) is 0 Å². The maximum absolute atomic E-state index is 6.07. The van der Waals surface area contributed by atoms with Crippen molar-refractivity contribution in [1.82, 2.24) is 9.97 Å². The lowest BCUT2D eigenvalue weighted by Gasteiger charge is -2.17. The Morgan fingerprint density at radius 2 is 2.05 bits per heavy atom. The standard InChI is InChI=1S/C15H22N4OS/c1-9(2)20-15-13(16)14(17-8-18-15)19-10(3)7-12-6-5-11(4)21-12/h5-6,8-10H,7,16H2,1-4H3,(H,17,18,19). The van der Waals surface area contributed by atoms with E-state index in [2.05, 4.69) is 41.3 Å². The van der Waals surface area contributed by atoms with Crippen LogP contribution in [0.4, 0.5) is 11.5 Å². The number of nitrogens with zero attached hydrogens (tertiary/aromatic N) is 2. The summed E-state index contributed by atoms with van der Waals surface area (Å²) in [6.45, 7) is 8.11. The highest BCUT2D eigenvalue weighted by molar-refractivity contribution is 7.11. The van der Waals surface area contributed by atoms with Gasteiger partial charge in [0.2, 0.25) is 5.88 Å². The second kappa shape index (κ2) is 6.76. The van der Waals surface area contributed by atoms with Crippen LogP contribution in [0.1, 0.15) is 30.5 Å². The first-order valence-electron chi connectivity index (χ1n) is 7.04. The van der Waals surface area contributed by atoms with E-state index < -0.39 is 0 Å². The van der Waals surface area contributed by atoms with Gasteiger partial charge in [-0.2, -0.15) is 4.98 Å². The molecule has 2 aromatic heterocycles. The van der Waals surface area contributed by atoms with Crippen LogP contribution in [0.15, 0.2) is 18.5 Å². The molecule has 0 aromatic carbocycles. The van der Waals surface area contributed by atoms with E-state index in [-0.39, 0.29) is 12.1 Å². The molecule has 21 heavy (non-hydrogen) atoms. The fourth-order valence-corrected chi connectivity index (χ4v) is 3.01. The van der Waals surface area contributed by atoms with Gasteiger partial charge < -0.3 is 15.8 Å². The van der Waals surface area contributed by atoms with Crippen molar-refractivity contribution >= 4 is 22.8 Å². The Labute approximate surface area is 129 Å². The number of nitrogen functional groups attached to an aromatic ring is 1. The van der Waals surface area contributed by atoms with Gasteiger partial charge in [0.05, 0.1) is 6.10 Å². The van der Waals surface area contributed by atoms with Gasteiger partial charge in [-0.05, 0) is 39.8 Å². The number of ether oxygens (including phenoxy) is 1. The van der Waals surface area contributed by atoms with Crippen molar-refractivity contribution in [2.24, 2.45) is 0 Å². The average Bonchev–Trinajstić information content (AvgIpc) is 2.79. The van der Waals surface area contributed by atoms with Crippen LogP contribution in [-0.4, -0.2) is 22.1 Å². The number of hydrogen-bond acceptors (Lipinski definition) is 6. The molecule has 1 unspecified atom stereocenters. The van der Waals surface area contributed by atoms with Crippen molar-refractivity contribution in [2.75, 3.05) is 11.1 Å². The van der Waals surface area contributed by atoms with Gasteiger partial charge in [0, 0.05) is 22.2 Å². The molecule has 3 N–H and O–H groups in total. The van der Waals surface area contributed by atoms with Gasteiger partial charge in [-0.25, -0.2) is 4.98 Å². The van der Waals surface area contributed by atoms with Crippen LogP contribution in [0.2, 0.25) is 0 Å². The minimum atomic E-state index is 0.0292. The van der Waals surface area contributed by atoms with Crippen molar-refractivity contribution in [3.05, 3.63) is 28.2 Å². The third-order valence-corrected chi connectivity index (χ3v) is 3.90. The molecule has 5 nitrogen and oxygen atoms in total. The quantitative estimate of drug-likeness (QED) is 0.857. The number of anilines is 2. The molecule has 0 radical (unpaired) electrons. The summed E-state index contributed by atoms with van der Waals surface area (Å²) in [5.74, 6) is 1.06. The zero-order valence-corrected chi connectivity index (χ0v) is 13.7. The van der Waals surface area contributed by atoms with E-state index in [0.29, 0.717) is 17.4 Å². The summed E-state index contributed by atoms with van der Waals surface area (Å²) in [5, 5.41) is 3.33. The summed E-state index contributed by atoms with van der Waals surface area (Å²) in [4.78, 5) is 11.0. The molecule has 2 heterocycles. The first-order chi connectivity index (χ1) is 9.95. The lowest BCUT2D eigenvalue weighted by Crippen LogP contribution is -2.20. The van der Waals surface area contributed by atoms with Crippen molar-refractivity contribution < 1.29 is 4.74 Å². The molecule has 0 amide bonds. The number of hydrogen-bond donors (Lipinski definition) is 2. The fourth-order valence-electron chi connectivity index (χ4n) is 1.99. The Hall–Kier alpha value is -1.82. The number of rotatable bonds is 6. The second-order valence-corrected chi connectivity index (χ2v) is 6.74. The molecular weight excluding hydrogens is 284 g/mol. The summed E-state index contributed by atoms with van der Waals surface area (Å²) in [6.07, 6.45) is 2.43. The Bertz CT molecular complexity index is 597. The van der Waals surface area contributed by atoms with Gasteiger partial charge in [-0.3, -0.25) is 0 Å². The molecule has 2 rings (SSSR count). The third-order valence-electron chi connectivity index (χ3n) is 2.88. The van der Waals surface area contributed by atoms with E-state index in [1.54, 1.807) is 0 Å². The molecule has 0 spiro atoms. The van der Waals surface area contributed by atoms with Crippen molar-refractivity contribution in [3.63, 3.8) is 0 Å². The molecule has 0 fully saturated rings. The molecule has 6 heteroatoms. The zero-order chi connectivity index (χ0) is 15.4. The largest absolute Gasteiger partial charge is 0.473 e. The molecular formula is C15H22N4OS. The van der Waals surface area contributed by atoms with E-state index >= 15 is 0 Å². The summed E-state index contributed by atoms with van der Waals surface area (Å²) in [7, 11) is 0. The molecule has 1 atom stereocenters. The van der Waals surface area contributed by atoms with Crippen LogP contribution in [0.25, 0.3) is 0 Å². The predicted molar refractivity (Wildman–Crippen MR) is 88.1 cm³/mol. The highest BCUT2D eigenvalue weighted by Gasteiger charge is 2.13. The van der Waals surface area contributed by atoms with Crippen molar-refractivity contribution in [2.45, 2.75) is 46.3 Å². The Morgan fingerprint density at radius 1 is 1.29 bits per heavy atom. The Kier molecular flexibility index (Phi) is 5.01. The summed E-state index contributed by atoms with van der Waals surface area (Å²) in [6, 6.07) is 4.53. The molecule has 0 bridgehead atoms. The summed E-state index contributed by atoms with van der Waals surface area (Å²) in [5.41, 5.74) is 6.53. The Morgan fingerprint density at radius 3 is 2.67 bits per heavy atom. The van der Waals surface area contributed by atoms with Crippen LogP contribution in [0, 0.1) is 6.92 Å².